The minimum Gasteiger partial charge on any atom is -0.748 e. The summed E-state index contributed by atoms with van der Waals surface area (Å²) in [5, 5.41) is 8.58. The van der Waals surface area contributed by atoms with E-state index >= 15 is 0 Å². The fraction of sp³-hybridized carbons (Fsp3) is 0.560. The van der Waals surface area contributed by atoms with Gasteiger partial charge in [-0.3, -0.25) is 24.8 Å². The van der Waals surface area contributed by atoms with Crippen molar-refractivity contribution in [2.24, 2.45) is 20.0 Å². The topological polar surface area (TPSA) is 186 Å². The van der Waals surface area contributed by atoms with Gasteiger partial charge in [0, 0.05) is 12.2 Å². The zero-order chi connectivity index (χ0) is 46.9. The first-order valence-electron chi connectivity index (χ1n) is 23.7. The maximum Gasteiger partial charge on any atom is 3.00 e. The Morgan fingerprint density at radius 2 is 1.11 bits per heavy atom. The van der Waals surface area contributed by atoms with Crippen molar-refractivity contribution in [2.45, 2.75) is 149 Å². The average molecular weight is 1080 g/mol. The van der Waals surface area contributed by atoms with Gasteiger partial charge in [-0.05, 0) is 88.3 Å². The molecule has 0 saturated carbocycles. The van der Waals surface area contributed by atoms with Gasteiger partial charge >= 0.3 is 49.4 Å². The van der Waals surface area contributed by atoms with Crippen molar-refractivity contribution < 1.29 is 67.1 Å². The van der Waals surface area contributed by atoms with Gasteiger partial charge < -0.3 is 20.5 Å². The van der Waals surface area contributed by atoms with E-state index in [1.54, 1.807) is 0 Å². The third-order valence-electron chi connectivity index (χ3n) is 11.5. The van der Waals surface area contributed by atoms with Crippen molar-refractivity contribution in [1.82, 2.24) is 20.6 Å². The molecule has 4 bridgehead atoms. The third-order valence-corrected chi connectivity index (χ3v) is 12.5. The molecule has 0 saturated heterocycles. The fourth-order valence-electron chi connectivity index (χ4n) is 7.61. The summed E-state index contributed by atoms with van der Waals surface area (Å²) in [6.45, 7) is 11.8. The Morgan fingerprint density at radius 1 is 0.667 bits per heavy atom. The van der Waals surface area contributed by atoms with Crippen LogP contribution in [-0.4, -0.2) is 94.8 Å². The van der Waals surface area contributed by atoms with E-state index in [1.807, 2.05) is 88.4 Å². The number of hydrogen-bond donors (Lipinski definition) is 3. The number of aliphatic imine (C=N–C) groups is 4. The Labute approximate surface area is 441 Å². The molecule has 2 unspecified atom stereocenters. The number of hydrogen-bond acceptors (Lipinski definition) is 11. The molecular weight excluding hydrogens is 1010 g/mol. The minimum absolute atomic E-state index is 0. The summed E-state index contributed by atoms with van der Waals surface area (Å²) in [5.41, 5.74) is 7.62. The summed E-state index contributed by atoms with van der Waals surface area (Å²) in [5.74, 6) is -1.53. The van der Waals surface area contributed by atoms with Gasteiger partial charge in [0.1, 0.15) is 6.04 Å². The van der Waals surface area contributed by atoms with Gasteiger partial charge in [-0.25, -0.2) is 18.4 Å². The number of amides is 1. The van der Waals surface area contributed by atoms with Crippen molar-refractivity contribution in [3.05, 3.63) is 89.0 Å². The summed E-state index contributed by atoms with van der Waals surface area (Å²) in [6, 6.07) is 17.4. The van der Waals surface area contributed by atoms with E-state index in [2.05, 4.69) is 22.9 Å². The van der Waals surface area contributed by atoms with Gasteiger partial charge in [0.2, 0.25) is 5.91 Å². The second kappa shape index (κ2) is 31.8. The number of benzene rings is 1. The number of aromatic nitrogens is 2. The molecule has 3 N–H and O–H groups in total. The molecule has 66 heavy (non-hydrogen) atoms. The summed E-state index contributed by atoms with van der Waals surface area (Å²) in [6.07, 6.45) is 20.0. The summed E-state index contributed by atoms with van der Waals surface area (Å²) in [4.78, 5) is 42.3. The van der Waals surface area contributed by atoms with Crippen LogP contribution in [-0.2, 0) is 14.9 Å². The maximum absolute atomic E-state index is 13.1. The zero-order valence-electron chi connectivity index (χ0n) is 39.8. The minimum atomic E-state index is -4.74. The molecule has 1 aliphatic rings. The number of nitrogens with one attached hydrogen (secondary N) is 3. The molecule has 1 amide bonds. The molecule has 2 atom stereocenters. The molecular formula is C50H72EuN9O4S2+2. The molecule has 16 heteroatoms. The normalized spacial score (nSPS) is 15.1. The second-order valence-electron chi connectivity index (χ2n) is 17.0. The predicted octanol–water partition coefficient (Wildman–Crippen LogP) is 9.75. The van der Waals surface area contributed by atoms with Crippen molar-refractivity contribution in [3.63, 3.8) is 0 Å². The van der Waals surface area contributed by atoms with Crippen LogP contribution in [0.2, 0.25) is 0 Å². The third kappa shape index (κ3) is 22.3. The van der Waals surface area contributed by atoms with E-state index in [1.165, 1.54) is 77.0 Å². The van der Waals surface area contributed by atoms with E-state index in [4.69, 9.17) is 42.2 Å². The Kier molecular flexibility index (Phi) is 27.6. The number of nitrogens with zero attached hydrogens (tertiary/aromatic N) is 6. The molecule has 3 heterocycles. The van der Waals surface area contributed by atoms with Crippen molar-refractivity contribution in [2.75, 3.05) is 37.2 Å². The first-order valence-corrected chi connectivity index (χ1v) is 25.7. The van der Waals surface area contributed by atoms with Crippen molar-refractivity contribution >= 4 is 61.9 Å². The van der Waals surface area contributed by atoms with Gasteiger partial charge in [0.15, 0.2) is 5.11 Å². The summed E-state index contributed by atoms with van der Waals surface area (Å²) >= 11 is 5.50. The van der Waals surface area contributed by atoms with E-state index in [-0.39, 0.29) is 60.5 Å². The number of fused-ring (bicyclic) bond motifs is 4. The Balaban J connectivity index is 0.0000116. The van der Waals surface area contributed by atoms with Gasteiger partial charge in [-0.15, -0.1) is 0 Å². The first kappa shape index (κ1) is 57.2. The quantitative estimate of drug-likeness (QED) is 0.0472. The SMILES string of the molecule is CCCCCCCCCCCCCCCCCCNC(=O)C(CS(=O)(=O)[O-])NC(=S)Nc1ccc(C2CN=C(C)c3cccc(n3)C(C)=NCCN=C(C)c3cccc(n3)C(C)=N2)cc1.[Eu+3]. The van der Waals surface area contributed by atoms with Crippen LogP contribution in [0.25, 0.3) is 0 Å². The average Bonchev–Trinajstić information content (AvgIpc) is 3.29. The van der Waals surface area contributed by atoms with Gasteiger partial charge in [0.05, 0.1) is 87.2 Å². The molecule has 0 radical (unpaired) electrons. The van der Waals surface area contributed by atoms with E-state index in [0.717, 1.165) is 76.9 Å². The number of rotatable bonds is 23. The Morgan fingerprint density at radius 3 is 1.58 bits per heavy atom. The van der Waals surface area contributed by atoms with Crippen molar-refractivity contribution in [1.29, 1.82) is 0 Å². The Hall–Kier alpha value is -3.15. The first-order chi connectivity index (χ1) is 31.3. The van der Waals surface area contributed by atoms with Crippen LogP contribution in [0.4, 0.5) is 5.69 Å². The summed E-state index contributed by atoms with van der Waals surface area (Å²) in [7, 11) is -4.74. The predicted molar refractivity (Wildman–Crippen MR) is 271 cm³/mol. The standard InChI is InChI=1S/C50H73N9O4S2.Eu/c1-6-7-8-9-10-11-12-13-14-15-16-17-18-19-20-21-32-53-49(60)48(36-65(61,62)63)59-50(64)56-42-30-28-41(29-31-42)47-35-54-39(4)45-26-22-24-43(57-45)37(2)51-33-34-52-38(3)44-25-23-27-46(58-44)40(5)55-47;/h22-31,47-48H,6-21,32-36H2,1-5H3,(H,53,60)(H2,56,59,64)(H,61,62,63);/q;+3/p-1. The molecule has 0 spiro atoms. The maximum atomic E-state index is 13.1. The number of unbranched alkanes of at least 4 members (excludes halogenated alkanes) is 15. The van der Waals surface area contributed by atoms with Crippen LogP contribution in [0.1, 0.15) is 172 Å². The van der Waals surface area contributed by atoms with E-state index in [9.17, 15) is 17.8 Å². The van der Waals surface area contributed by atoms with Gasteiger partial charge in [-0.2, -0.15) is 0 Å². The van der Waals surface area contributed by atoms with Gasteiger partial charge in [-0.1, -0.05) is 128 Å². The molecule has 1 aromatic carbocycles. The van der Waals surface area contributed by atoms with Crippen LogP contribution < -0.4 is 16.0 Å². The van der Waals surface area contributed by atoms with E-state index < -0.39 is 27.8 Å². The Bertz CT molecular complexity index is 2200. The monoisotopic (exact) mass is 1080 g/mol. The van der Waals surface area contributed by atoms with Crippen molar-refractivity contribution in [3.8, 4) is 0 Å². The largest absolute Gasteiger partial charge is 3.00 e. The van der Waals surface area contributed by atoms with Crippen LogP contribution in [0.3, 0.4) is 0 Å². The number of thiocarbonyl (C=S) groups is 1. The van der Waals surface area contributed by atoms with Crippen LogP contribution in [0.15, 0.2) is 80.6 Å². The molecule has 358 valence electrons. The number of pyridine rings is 2. The molecule has 2 aromatic heterocycles. The number of carbonyl (C=O) groups is 1. The molecule has 4 rings (SSSR count). The number of carbonyl (C=O) groups excluding carboxylic acids is 1. The molecule has 0 aliphatic carbocycles. The smallest absolute Gasteiger partial charge is 0.748 e. The summed E-state index contributed by atoms with van der Waals surface area (Å²) < 4.78 is 35.4. The van der Waals surface area contributed by atoms with Crippen LogP contribution in [0.5, 0.6) is 0 Å². The molecule has 1 aliphatic heterocycles. The second-order valence-corrected chi connectivity index (χ2v) is 18.9. The van der Waals surface area contributed by atoms with Gasteiger partial charge in [0.25, 0.3) is 0 Å². The molecule has 13 nitrogen and oxygen atoms in total. The fourth-order valence-corrected chi connectivity index (χ4v) is 8.51. The van der Waals surface area contributed by atoms with Crippen LogP contribution in [0, 0.1) is 49.4 Å². The molecule has 0 fully saturated rings. The molecule has 3 aromatic rings. The number of anilines is 1. The van der Waals surface area contributed by atoms with Crippen LogP contribution >= 0.6 is 12.2 Å². The zero-order valence-corrected chi connectivity index (χ0v) is 43.8. The van der Waals surface area contributed by atoms with E-state index in [0.29, 0.717) is 31.9 Å².